The van der Waals surface area contributed by atoms with E-state index in [0.717, 1.165) is 9.61 Å². The Bertz CT molecular complexity index is 577. The van der Waals surface area contributed by atoms with Crippen LogP contribution in [-0.4, -0.2) is 24.9 Å². The van der Waals surface area contributed by atoms with Crippen molar-refractivity contribution in [1.82, 2.24) is 14.7 Å². The fourth-order valence-electron chi connectivity index (χ4n) is 1.25. The average molecular weight is 336 g/mol. The second-order valence-electron chi connectivity index (χ2n) is 3.24. The zero-order valence-corrected chi connectivity index (χ0v) is 11.9. The van der Waals surface area contributed by atoms with E-state index in [4.69, 9.17) is 0 Å². The molecule has 0 unspecified atom stereocenters. The van der Waals surface area contributed by atoms with Crippen molar-refractivity contribution >= 4 is 37.3 Å². The van der Waals surface area contributed by atoms with Crippen molar-refractivity contribution in [2.24, 2.45) is 0 Å². The molecule has 0 bridgehead atoms. The van der Waals surface area contributed by atoms with Gasteiger partial charge in [0.25, 0.3) is 0 Å². The summed E-state index contributed by atoms with van der Waals surface area (Å²) in [6.45, 7) is 0.325. The van der Waals surface area contributed by atoms with Crippen LogP contribution in [0.2, 0.25) is 0 Å². The first-order valence-corrected chi connectivity index (χ1v) is 7.90. The zero-order chi connectivity index (χ0) is 12.3. The topological polar surface area (TPSA) is 74.8 Å². The predicted octanol–water partition coefficient (Wildman–Crippen LogP) is 1.75. The van der Waals surface area contributed by atoms with Gasteiger partial charge in [-0.3, -0.25) is 0 Å². The summed E-state index contributed by atoms with van der Waals surface area (Å²) in [5.74, 6) is 0.764. The minimum atomic E-state index is -3.40. The molecule has 0 radical (unpaired) electrons. The zero-order valence-electron chi connectivity index (χ0n) is 8.68. The fourth-order valence-corrected chi connectivity index (χ4v) is 4.34. The molecular weight excluding hydrogens is 326 g/mol. The number of aromatic nitrogens is 2. The number of rotatable bonds is 5. The first-order valence-electron chi connectivity index (χ1n) is 4.81. The lowest BCUT2D eigenvalue weighted by Crippen LogP contribution is -2.25. The van der Waals surface area contributed by atoms with Gasteiger partial charge in [-0.25, -0.2) is 18.1 Å². The van der Waals surface area contributed by atoms with Gasteiger partial charge in [-0.2, -0.15) is 0 Å². The average Bonchev–Trinajstić information content (AvgIpc) is 2.89. The van der Waals surface area contributed by atoms with Gasteiger partial charge in [0.1, 0.15) is 10.0 Å². The Morgan fingerprint density at radius 3 is 2.88 bits per heavy atom. The molecule has 0 aliphatic carbocycles. The van der Waals surface area contributed by atoms with Crippen LogP contribution in [-0.2, 0) is 16.4 Å². The van der Waals surface area contributed by atoms with Gasteiger partial charge in [-0.05, 0) is 28.1 Å². The minimum Gasteiger partial charge on any atom is -0.349 e. The summed E-state index contributed by atoms with van der Waals surface area (Å²) in [5, 5.41) is 0. The van der Waals surface area contributed by atoms with Crippen molar-refractivity contribution in [2.45, 2.75) is 10.6 Å². The van der Waals surface area contributed by atoms with E-state index in [-0.39, 0.29) is 0 Å². The van der Waals surface area contributed by atoms with Crippen molar-refractivity contribution in [1.29, 1.82) is 0 Å². The summed E-state index contributed by atoms with van der Waals surface area (Å²) in [7, 11) is -3.40. The normalized spacial score (nSPS) is 11.8. The SMILES string of the molecule is O=S(=O)(NCCc1ncc[nH]1)c1ccc(Br)s1. The number of nitrogens with zero attached hydrogens (tertiary/aromatic N) is 1. The first-order chi connectivity index (χ1) is 8.08. The monoisotopic (exact) mass is 335 g/mol. The molecule has 0 amide bonds. The summed E-state index contributed by atoms with van der Waals surface area (Å²) < 4.78 is 27.3. The maximum absolute atomic E-state index is 11.8. The van der Waals surface area contributed by atoms with Crippen molar-refractivity contribution in [3.63, 3.8) is 0 Å². The molecule has 8 heteroatoms. The van der Waals surface area contributed by atoms with Crippen molar-refractivity contribution < 1.29 is 8.42 Å². The first kappa shape index (κ1) is 12.7. The standard InChI is InChI=1S/C9H10BrN3O2S2/c10-7-1-2-9(16-7)17(14,15)13-4-3-8-11-5-6-12-8/h1-2,5-6,13H,3-4H2,(H,11,12). The van der Waals surface area contributed by atoms with Crippen LogP contribution in [0.25, 0.3) is 0 Å². The van der Waals surface area contributed by atoms with Gasteiger partial charge in [0.05, 0.1) is 3.79 Å². The van der Waals surface area contributed by atoms with E-state index in [2.05, 4.69) is 30.6 Å². The maximum Gasteiger partial charge on any atom is 0.250 e. The Kier molecular flexibility index (Phi) is 3.97. The molecule has 2 N–H and O–H groups in total. The third kappa shape index (κ3) is 3.38. The van der Waals surface area contributed by atoms with Crippen molar-refractivity contribution in [3.8, 4) is 0 Å². The highest BCUT2D eigenvalue weighted by molar-refractivity contribution is 9.11. The summed E-state index contributed by atoms with van der Waals surface area (Å²) in [4.78, 5) is 6.93. The van der Waals surface area contributed by atoms with Gasteiger partial charge in [0.15, 0.2) is 0 Å². The van der Waals surface area contributed by atoms with Crippen LogP contribution in [0.15, 0.2) is 32.5 Å². The Balaban J connectivity index is 1.94. The molecule has 0 fully saturated rings. The van der Waals surface area contributed by atoms with Crippen LogP contribution in [0.3, 0.4) is 0 Å². The predicted molar refractivity (Wildman–Crippen MR) is 69.5 cm³/mol. The Labute approximate surface area is 111 Å². The van der Waals surface area contributed by atoms with Crippen LogP contribution in [0.4, 0.5) is 0 Å². The molecule has 0 atom stereocenters. The smallest absolute Gasteiger partial charge is 0.250 e. The highest BCUT2D eigenvalue weighted by Gasteiger charge is 2.15. The van der Waals surface area contributed by atoms with Gasteiger partial charge < -0.3 is 4.98 Å². The van der Waals surface area contributed by atoms with Gasteiger partial charge in [0.2, 0.25) is 10.0 Å². The molecule has 0 aliphatic rings. The molecule has 0 spiro atoms. The number of nitrogens with one attached hydrogen (secondary N) is 2. The van der Waals surface area contributed by atoms with E-state index in [1.165, 1.54) is 11.3 Å². The molecule has 2 heterocycles. The van der Waals surface area contributed by atoms with E-state index in [9.17, 15) is 8.42 Å². The number of halogens is 1. The third-order valence-corrected chi connectivity index (χ3v) is 5.60. The summed E-state index contributed by atoms with van der Waals surface area (Å²) in [5.41, 5.74) is 0. The highest BCUT2D eigenvalue weighted by atomic mass is 79.9. The van der Waals surface area contributed by atoms with Crippen molar-refractivity contribution in [2.75, 3.05) is 6.54 Å². The molecule has 92 valence electrons. The van der Waals surface area contributed by atoms with Crippen LogP contribution in [0.5, 0.6) is 0 Å². The van der Waals surface area contributed by atoms with Crippen LogP contribution in [0.1, 0.15) is 5.82 Å². The van der Waals surface area contributed by atoms with Crippen molar-refractivity contribution in [3.05, 3.63) is 34.1 Å². The van der Waals surface area contributed by atoms with E-state index < -0.39 is 10.0 Å². The molecule has 2 rings (SSSR count). The van der Waals surface area contributed by atoms with Gasteiger partial charge >= 0.3 is 0 Å². The Morgan fingerprint density at radius 2 is 2.29 bits per heavy atom. The fraction of sp³-hybridized carbons (Fsp3) is 0.222. The molecule has 0 saturated heterocycles. The molecule has 2 aromatic heterocycles. The van der Waals surface area contributed by atoms with Crippen LogP contribution >= 0.6 is 27.3 Å². The molecule has 2 aromatic rings. The summed E-state index contributed by atoms with van der Waals surface area (Å²) in [6.07, 6.45) is 3.89. The molecular formula is C9H10BrN3O2S2. The summed E-state index contributed by atoms with van der Waals surface area (Å²) in [6, 6.07) is 3.29. The molecule has 0 aromatic carbocycles. The second-order valence-corrected chi connectivity index (χ2v) is 7.70. The Morgan fingerprint density at radius 1 is 1.47 bits per heavy atom. The largest absolute Gasteiger partial charge is 0.349 e. The molecule has 5 nitrogen and oxygen atoms in total. The van der Waals surface area contributed by atoms with Gasteiger partial charge in [-0.15, -0.1) is 11.3 Å². The molecule has 17 heavy (non-hydrogen) atoms. The lowest BCUT2D eigenvalue weighted by Gasteiger charge is -2.02. The number of thiophene rings is 1. The Hall–Kier alpha value is -0.700. The number of hydrogen-bond donors (Lipinski definition) is 2. The highest BCUT2D eigenvalue weighted by Crippen LogP contribution is 2.25. The maximum atomic E-state index is 11.8. The number of aromatic amines is 1. The van der Waals surface area contributed by atoms with Crippen LogP contribution < -0.4 is 4.72 Å². The number of sulfonamides is 1. The quantitative estimate of drug-likeness (QED) is 0.874. The number of H-pyrrole nitrogens is 1. The lowest BCUT2D eigenvalue weighted by atomic mass is 10.4. The van der Waals surface area contributed by atoms with E-state index in [0.29, 0.717) is 17.2 Å². The second kappa shape index (κ2) is 5.30. The minimum absolute atomic E-state index is 0.309. The van der Waals surface area contributed by atoms with Gasteiger partial charge in [0, 0.05) is 25.4 Å². The number of imidazole rings is 1. The number of hydrogen-bond acceptors (Lipinski definition) is 4. The lowest BCUT2D eigenvalue weighted by molar-refractivity contribution is 0.583. The third-order valence-electron chi connectivity index (χ3n) is 2.02. The van der Waals surface area contributed by atoms with Crippen LogP contribution in [0, 0.1) is 0 Å². The summed E-state index contributed by atoms with van der Waals surface area (Å²) >= 11 is 4.42. The van der Waals surface area contributed by atoms with E-state index >= 15 is 0 Å². The van der Waals surface area contributed by atoms with E-state index in [1.807, 2.05) is 0 Å². The molecule has 0 saturated carbocycles. The van der Waals surface area contributed by atoms with E-state index in [1.54, 1.807) is 24.5 Å². The molecule has 0 aliphatic heterocycles. The van der Waals surface area contributed by atoms with Gasteiger partial charge in [-0.1, -0.05) is 0 Å².